The first-order valence-corrected chi connectivity index (χ1v) is 11.0. The summed E-state index contributed by atoms with van der Waals surface area (Å²) >= 11 is 1.56. The van der Waals surface area contributed by atoms with Crippen molar-refractivity contribution in [1.82, 2.24) is 24.8 Å². The van der Waals surface area contributed by atoms with Crippen LogP contribution in [-0.4, -0.2) is 31.0 Å². The number of carbonyl (C=O) groups is 1. The molecule has 1 aliphatic carbocycles. The summed E-state index contributed by atoms with van der Waals surface area (Å²) in [5.74, 6) is -0.0549. The van der Waals surface area contributed by atoms with Gasteiger partial charge in [0.25, 0.3) is 0 Å². The highest BCUT2D eigenvalue weighted by atomic mass is 32.1. The van der Waals surface area contributed by atoms with Crippen LogP contribution in [0.4, 0.5) is 0 Å². The maximum Gasteiger partial charge on any atom is 0.240 e. The number of imidazole rings is 1. The number of aryl methyl sites for hydroxylation is 1. The first-order valence-electron chi connectivity index (χ1n) is 10.2. The van der Waals surface area contributed by atoms with E-state index in [1.807, 2.05) is 36.7 Å². The molecule has 1 amide bonds. The maximum atomic E-state index is 12.7. The number of thiazole rings is 1. The average Bonchev–Trinajstić information content (AvgIpc) is 3.46. The van der Waals surface area contributed by atoms with Gasteiger partial charge < -0.3 is 15.6 Å². The monoisotopic (exact) mass is 420 g/mol. The number of nitrogens with two attached hydrogens (primary N) is 1. The molecule has 1 aliphatic rings. The van der Waals surface area contributed by atoms with Gasteiger partial charge in [-0.05, 0) is 31.4 Å². The molecule has 4 aromatic rings. The summed E-state index contributed by atoms with van der Waals surface area (Å²) in [6.07, 6.45) is 7.12. The number of carbonyl (C=O) groups excluding carboxylic acids is 1. The van der Waals surface area contributed by atoms with E-state index in [2.05, 4.69) is 21.4 Å². The van der Waals surface area contributed by atoms with Crippen molar-refractivity contribution in [3.8, 4) is 10.6 Å². The van der Waals surface area contributed by atoms with E-state index in [9.17, 15) is 4.79 Å². The fourth-order valence-corrected chi connectivity index (χ4v) is 5.14. The summed E-state index contributed by atoms with van der Waals surface area (Å²) in [7, 11) is 1.97. The van der Waals surface area contributed by atoms with E-state index in [1.54, 1.807) is 23.9 Å². The van der Waals surface area contributed by atoms with Crippen LogP contribution in [0.1, 0.15) is 44.2 Å². The molecule has 3 aromatic heterocycles. The van der Waals surface area contributed by atoms with Crippen LogP contribution in [0.3, 0.4) is 0 Å². The van der Waals surface area contributed by atoms with Gasteiger partial charge in [0.05, 0.1) is 29.6 Å². The van der Waals surface area contributed by atoms with Gasteiger partial charge in [-0.3, -0.25) is 4.79 Å². The van der Waals surface area contributed by atoms with Crippen molar-refractivity contribution < 1.29 is 4.79 Å². The second kappa shape index (κ2) is 7.14. The number of benzene rings is 1. The highest BCUT2D eigenvalue weighted by molar-refractivity contribution is 7.21. The third-order valence-electron chi connectivity index (χ3n) is 6.03. The lowest BCUT2D eigenvalue weighted by Crippen LogP contribution is -2.52. The molecule has 0 radical (unpaired) electrons. The fourth-order valence-electron chi connectivity index (χ4n) is 4.23. The maximum absolute atomic E-state index is 12.7. The Hall–Kier alpha value is -2.84. The first-order chi connectivity index (χ1) is 14.4. The molecular weight excluding hydrogens is 396 g/mol. The second-order valence-corrected chi connectivity index (χ2v) is 9.18. The number of pyridine rings is 1. The summed E-state index contributed by atoms with van der Waals surface area (Å²) in [4.78, 5) is 27.3. The van der Waals surface area contributed by atoms with Crippen LogP contribution in [-0.2, 0) is 11.8 Å². The van der Waals surface area contributed by atoms with E-state index in [1.165, 1.54) is 0 Å². The lowest BCUT2D eigenvalue weighted by Gasteiger charge is -2.25. The van der Waals surface area contributed by atoms with Gasteiger partial charge in [-0.1, -0.05) is 42.4 Å². The zero-order valence-corrected chi connectivity index (χ0v) is 17.9. The number of hydrogen-bond acceptors (Lipinski definition) is 6. The molecule has 1 aromatic carbocycles. The van der Waals surface area contributed by atoms with Gasteiger partial charge in [0.15, 0.2) is 0 Å². The van der Waals surface area contributed by atoms with Crippen molar-refractivity contribution in [3.05, 3.63) is 42.4 Å². The summed E-state index contributed by atoms with van der Waals surface area (Å²) in [5.41, 5.74) is 10.3. The predicted molar refractivity (Wildman–Crippen MR) is 119 cm³/mol. The Bertz CT molecular complexity index is 1250. The van der Waals surface area contributed by atoms with Crippen LogP contribution in [0, 0.1) is 0 Å². The van der Waals surface area contributed by atoms with Gasteiger partial charge in [-0.15, -0.1) is 0 Å². The number of aromatic nitrogens is 4. The zero-order chi connectivity index (χ0) is 20.9. The summed E-state index contributed by atoms with van der Waals surface area (Å²) in [6, 6.07) is 8.02. The molecule has 30 heavy (non-hydrogen) atoms. The Morgan fingerprint density at radius 1 is 1.30 bits per heavy atom. The minimum absolute atomic E-state index is 0.0549. The molecule has 1 saturated carbocycles. The van der Waals surface area contributed by atoms with E-state index in [0.717, 1.165) is 63.2 Å². The summed E-state index contributed by atoms with van der Waals surface area (Å²) in [5, 5.41) is 4.01. The highest BCUT2D eigenvalue weighted by Gasteiger charge is 2.37. The van der Waals surface area contributed by atoms with Gasteiger partial charge in [0.2, 0.25) is 5.91 Å². The van der Waals surface area contributed by atoms with Gasteiger partial charge in [0, 0.05) is 12.6 Å². The topological polar surface area (TPSA) is 98.7 Å². The summed E-state index contributed by atoms with van der Waals surface area (Å²) < 4.78 is 1.97. The van der Waals surface area contributed by atoms with Crippen molar-refractivity contribution in [1.29, 1.82) is 0 Å². The first kappa shape index (κ1) is 19.1. The normalized spacial score (nSPS) is 16.9. The SMILES string of the molecule is C[C@H](NC(=O)C1(N)CCCC1)c1cccc(-c2nc3c(ncc4ncn(C)c43)s2)c1. The Morgan fingerprint density at radius 2 is 2.10 bits per heavy atom. The molecule has 1 fully saturated rings. The van der Waals surface area contributed by atoms with E-state index < -0.39 is 5.54 Å². The zero-order valence-electron chi connectivity index (χ0n) is 17.1. The molecule has 8 heteroatoms. The number of nitrogens with one attached hydrogen (secondary N) is 1. The molecule has 0 aliphatic heterocycles. The smallest absolute Gasteiger partial charge is 0.240 e. The minimum Gasteiger partial charge on any atom is -0.348 e. The Balaban J connectivity index is 1.45. The molecule has 3 heterocycles. The Labute approximate surface area is 178 Å². The van der Waals surface area contributed by atoms with Crippen molar-refractivity contribution in [3.63, 3.8) is 0 Å². The van der Waals surface area contributed by atoms with Gasteiger partial charge in [-0.2, -0.15) is 0 Å². The van der Waals surface area contributed by atoms with Gasteiger partial charge in [-0.25, -0.2) is 15.0 Å². The Kier molecular flexibility index (Phi) is 4.56. The van der Waals surface area contributed by atoms with Crippen molar-refractivity contribution in [2.75, 3.05) is 0 Å². The van der Waals surface area contributed by atoms with E-state index >= 15 is 0 Å². The number of rotatable bonds is 4. The Morgan fingerprint density at radius 3 is 2.90 bits per heavy atom. The van der Waals surface area contributed by atoms with Crippen LogP contribution < -0.4 is 11.1 Å². The van der Waals surface area contributed by atoms with Crippen LogP contribution >= 0.6 is 11.3 Å². The molecule has 0 saturated heterocycles. The largest absolute Gasteiger partial charge is 0.348 e. The number of fused-ring (bicyclic) bond motifs is 3. The number of amides is 1. The highest BCUT2D eigenvalue weighted by Crippen LogP contribution is 2.33. The molecule has 1 atom stereocenters. The van der Waals surface area contributed by atoms with Crippen LogP contribution in [0.5, 0.6) is 0 Å². The number of hydrogen-bond donors (Lipinski definition) is 2. The number of nitrogens with zero attached hydrogens (tertiary/aromatic N) is 4. The standard InChI is InChI=1S/C22H24N6OS/c1-13(26-21(29)22(23)8-3-4-9-22)14-6-5-7-15(10-14)19-27-17-18-16(25-12-28(18)2)11-24-20(17)30-19/h5-7,10-13H,3-4,8-9,23H2,1-2H3,(H,26,29)/t13-/m0/s1. The van der Waals surface area contributed by atoms with Crippen molar-refractivity contribution >= 4 is 38.6 Å². The second-order valence-electron chi connectivity index (χ2n) is 8.20. The molecule has 3 N–H and O–H groups in total. The van der Waals surface area contributed by atoms with Gasteiger partial charge >= 0.3 is 0 Å². The van der Waals surface area contributed by atoms with E-state index in [-0.39, 0.29) is 11.9 Å². The molecular formula is C22H24N6OS. The molecule has 7 nitrogen and oxygen atoms in total. The average molecular weight is 421 g/mol. The molecule has 154 valence electrons. The fraction of sp³-hybridized carbons (Fsp3) is 0.364. The quantitative estimate of drug-likeness (QED) is 0.525. The van der Waals surface area contributed by atoms with Crippen LogP contribution in [0.25, 0.3) is 32.0 Å². The molecule has 0 bridgehead atoms. The third kappa shape index (κ3) is 3.16. The lowest BCUT2D eigenvalue weighted by atomic mass is 9.96. The van der Waals surface area contributed by atoms with Crippen molar-refractivity contribution in [2.45, 2.75) is 44.2 Å². The van der Waals surface area contributed by atoms with Crippen LogP contribution in [0.15, 0.2) is 36.8 Å². The third-order valence-corrected chi connectivity index (χ3v) is 7.04. The molecule has 5 rings (SSSR count). The lowest BCUT2D eigenvalue weighted by molar-refractivity contribution is -0.126. The van der Waals surface area contributed by atoms with Crippen LogP contribution in [0.2, 0.25) is 0 Å². The van der Waals surface area contributed by atoms with Crippen molar-refractivity contribution in [2.24, 2.45) is 12.8 Å². The molecule has 0 unspecified atom stereocenters. The van der Waals surface area contributed by atoms with E-state index in [0.29, 0.717) is 0 Å². The van der Waals surface area contributed by atoms with Gasteiger partial charge in [0.1, 0.15) is 20.9 Å². The summed E-state index contributed by atoms with van der Waals surface area (Å²) in [6.45, 7) is 1.99. The van der Waals surface area contributed by atoms with E-state index in [4.69, 9.17) is 10.7 Å². The predicted octanol–water partition coefficient (Wildman–Crippen LogP) is 3.69. The molecule has 0 spiro atoms. The minimum atomic E-state index is -0.723.